The third kappa shape index (κ3) is 2.06. The Morgan fingerprint density at radius 3 is 2.61 bits per heavy atom. The number of carbonyl (C=O) groups excluding carboxylic acids is 1. The van der Waals surface area contributed by atoms with Gasteiger partial charge in [-0.25, -0.2) is 0 Å². The zero-order valence-corrected chi connectivity index (χ0v) is 11.1. The Labute approximate surface area is 107 Å². The number of ether oxygens (including phenoxy) is 1. The van der Waals surface area contributed by atoms with Crippen LogP contribution in [0.25, 0.3) is 5.57 Å². The second-order valence-corrected chi connectivity index (χ2v) is 5.14. The molecule has 1 aromatic rings. The van der Waals surface area contributed by atoms with Crippen LogP contribution in [0.5, 0.6) is 5.75 Å². The van der Waals surface area contributed by atoms with Gasteiger partial charge < -0.3 is 15.8 Å². The molecule has 3 N–H and O–H groups in total. The van der Waals surface area contributed by atoms with Crippen molar-refractivity contribution in [3.05, 3.63) is 29.3 Å². The number of allylic oxidation sites excluding steroid dienone is 1. The quantitative estimate of drug-likeness (QED) is 0.842. The van der Waals surface area contributed by atoms with Gasteiger partial charge in [-0.1, -0.05) is 6.08 Å². The van der Waals surface area contributed by atoms with Gasteiger partial charge in [-0.15, -0.1) is 0 Å². The van der Waals surface area contributed by atoms with E-state index in [0.717, 1.165) is 16.8 Å². The third-order valence-corrected chi connectivity index (χ3v) is 3.06. The summed E-state index contributed by atoms with van der Waals surface area (Å²) in [4.78, 5) is 11.6. The minimum Gasteiger partial charge on any atom is -0.497 e. The van der Waals surface area contributed by atoms with E-state index in [0.29, 0.717) is 11.3 Å². The largest absolute Gasteiger partial charge is 0.497 e. The van der Waals surface area contributed by atoms with Crippen molar-refractivity contribution < 1.29 is 9.53 Å². The summed E-state index contributed by atoms with van der Waals surface area (Å²) in [6.45, 7) is 6.12. The van der Waals surface area contributed by atoms with Crippen molar-refractivity contribution in [3.63, 3.8) is 0 Å². The van der Waals surface area contributed by atoms with Crippen molar-refractivity contribution in [2.45, 2.75) is 26.3 Å². The van der Waals surface area contributed by atoms with Gasteiger partial charge in [0.1, 0.15) is 5.75 Å². The van der Waals surface area contributed by atoms with E-state index in [4.69, 9.17) is 10.5 Å². The maximum atomic E-state index is 11.6. The number of nitrogens with one attached hydrogen (secondary N) is 1. The van der Waals surface area contributed by atoms with Gasteiger partial charge in [0, 0.05) is 5.56 Å². The maximum Gasteiger partial charge on any atom is 0.250 e. The highest BCUT2D eigenvalue weighted by Gasteiger charge is 2.26. The summed E-state index contributed by atoms with van der Waals surface area (Å²) in [5.74, 6) is 0.181. The molecule has 96 valence electrons. The molecule has 4 heteroatoms. The number of benzene rings is 1. The molecule has 0 bridgehead atoms. The van der Waals surface area contributed by atoms with E-state index in [9.17, 15) is 4.79 Å². The number of hydrogen-bond donors (Lipinski definition) is 2. The number of amides is 1. The molecule has 1 aliphatic rings. The Bertz CT molecular complexity index is 545. The van der Waals surface area contributed by atoms with E-state index >= 15 is 0 Å². The van der Waals surface area contributed by atoms with Gasteiger partial charge >= 0.3 is 0 Å². The zero-order valence-electron chi connectivity index (χ0n) is 11.1. The average Bonchev–Trinajstić information content (AvgIpc) is 2.26. The molecule has 1 aromatic carbocycles. The van der Waals surface area contributed by atoms with Crippen molar-refractivity contribution in [1.29, 1.82) is 0 Å². The lowest BCUT2D eigenvalue weighted by Crippen LogP contribution is -2.33. The SMILES string of the molecule is COc1cc(C(N)=O)c2c(c1)C(C)=CC(C)(C)N2. The Morgan fingerprint density at radius 1 is 1.39 bits per heavy atom. The van der Waals surface area contributed by atoms with Gasteiger partial charge in [0.2, 0.25) is 0 Å². The molecule has 0 unspecified atom stereocenters. The second-order valence-electron chi connectivity index (χ2n) is 5.14. The first-order valence-corrected chi connectivity index (χ1v) is 5.84. The Balaban J connectivity index is 2.70. The lowest BCUT2D eigenvalue weighted by Gasteiger charge is -2.32. The van der Waals surface area contributed by atoms with Crippen LogP contribution in [0, 0.1) is 0 Å². The lowest BCUT2D eigenvalue weighted by molar-refractivity contribution is 0.100. The van der Waals surface area contributed by atoms with Crippen LogP contribution in [-0.2, 0) is 0 Å². The van der Waals surface area contributed by atoms with Crippen LogP contribution in [-0.4, -0.2) is 18.6 Å². The summed E-state index contributed by atoms with van der Waals surface area (Å²) in [5, 5.41) is 3.34. The lowest BCUT2D eigenvalue weighted by atomic mass is 9.89. The van der Waals surface area contributed by atoms with Crippen molar-refractivity contribution in [2.75, 3.05) is 12.4 Å². The highest BCUT2D eigenvalue weighted by atomic mass is 16.5. The fourth-order valence-corrected chi connectivity index (χ4v) is 2.35. The first kappa shape index (κ1) is 12.5. The average molecular weight is 246 g/mol. The second kappa shape index (κ2) is 4.05. The summed E-state index contributed by atoms with van der Waals surface area (Å²) < 4.78 is 5.21. The number of primary amides is 1. The summed E-state index contributed by atoms with van der Waals surface area (Å²) in [5.41, 5.74) is 8.56. The van der Waals surface area contributed by atoms with Crippen LogP contribution in [0.3, 0.4) is 0 Å². The van der Waals surface area contributed by atoms with Gasteiger partial charge in [0.05, 0.1) is 23.9 Å². The number of anilines is 1. The van der Waals surface area contributed by atoms with Gasteiger partial charge in [0.25, 0.3) is 5.91 Å². The van der Waals surface area contributed by atoms with Crippen LogP contribution >= 0.6 is 0 Å². The number of methoxy groups -OCH3 is 1. The van der Waals surface area contributed by atoms with Crippen LogP contribution in [0.2, 0.25) is 0 Å². The molecule has 0 aromatic heterocycles. The van der Waals surface area contributed by atoms with Gasteiger partial charge in [-0.2, -0.15) is 0 Å². The van der Waals surface area contributed by atoms with Gasteiger partial charge in [-0.05, 0) is 38.5 Å². The zero-order chi connectivity index (χ0) is 13.5. The number of fused-ring (bicyclic) bond motifs is 1. The topological polar surface area (TPSA) is 64.3 Å². The fourth-order valence-electron chi connectivity index (χ4n) is 2.35. The third-order valence-electron chi connectivity index (χ3n) is 3.06. The van der Waals surface area contributed by atoms with Gasteiger partial charge in [-0.3, -0.25) is 4.79 Å². The van der Waals surface area contributed by atoms with Crippen LogP contribution in [0.4, 0.5) is 5.69 Å². The highest BCUT2D eigenvalue weighted by Crippen LogP contribution is 2.38. The Morgan fingerprint density at radius 2 is 2.06 bits per heavy atom. The number of carbonyl (C=O) groups is 1. The first-order valence-electron chi connectivity index (χ1n) is 5.84. The van der Waals surface area contributed by atoms with E-state index in [1.54, 1.807) is 13.2 Å². The van der Waals surface area contributed by atoms with Crippen molar-refractivity contribution in [2.24, 2.45) is 5.73 Å². The molecule has 1 amide bonds. The molecule has 0 spiro atoms. The molecule has 0 saturated carbocycles. The summed E-state index contributed by atoms with van der Waals surface area (Å²) in [6.07, 6.45) is 2.12. The highest BCUT2D eigenvalue weighted by molar-refractivity contribution is 6.02. The predicted molar refractivity (Wildman–Crippen MR) is 72.9 cm³/mol. The maximum absolute atomic E-state index is 11.6. The number of nitrogens with two attached hydrogens (primary N) is 1. The molecule has 0 aliphatic carbocycles. The molecule has 1 aliphatic heterocycles. The predicted octanol–water partition coefficient (Wildman–Crippen LogP) is 2.40. The van der Waals surface area contributed by atoms with Crippen molar-refractivity contribution in [1.82, 2.24) is 0 Å². The van der Waals surface area contributed by atoms with Crippen molar-refractivity contribution in [3.8, 4) is 5.75 Å². The van der Waals surface area contributed by atoms with Crippen LogP contribution < -0.4 is 15.8 Å². The standard InChI is InChI=1S/C14H18N2O2/c1-8-7-14(2,3)16-12-10(8)5-9(18-4)6-11(12)13(15)17/h5-7,16H,1-4H3,(H2,15,17). The summed E-state index contributed by atoms with van der Waals surface area (Å²) in [6, 6.07) is 3.58. The molecular weight excluding hydrogens is 228 g/mol. The molecule has 0 fully saturated rings. The smallest absolute Gasteiger partial charge is 0.250 e. The van der Waals surface area contributed by atoms with E-state index in [1.807, 2.05) is 13.0 Å². The summed E-state index contributed by atoms with van der Waals surface area (Å²) >= 11 is 0. The molecule has 0 radical (unpaired) electrons. The number of hydrogen-bond acceptors (Lipinski definition) is 3. The summed E-state index contributed by atoms with van der Waals surface area (Å²) in [7, 11) is 1.58. The van der Waals surface area contributed by atoms with Crippen molar-refractivity contribution >= 4 is 17.2 Å². The monoisotopic (exact) mass is 246 g/mol. The molecule has 0 atom stereocenters. The van der Waals surface area contributed by atoms with E-state index in [1.165, 1.54) is 0 Å². The Hall–Kier alpha value is -1.97. The molecule has 18 heavy (non-hydrogen) atoms. The molecule has 2 rings (SSSR count). The minimum absolute atomic E-state index is 0.199. The molecule has 0 saturated heterocycles. The minimum atomic E-state index is -0.455. The molecule has 4 nitrogen and oxygen atoms in total. The van der Waals surface area contributed by atoms with Crippen LogP contribution in [0.1, 0.15) is 36.7 Å². The molecular formula is C14H18N2O2. The Kier molecular flexibility index (Phi) is 2.81. The normalized spacial score (nSPS) is 16.3. The molecule has 1 heterocycles. The van der Waals surface area contributed by atoms with E-state index in [-0.39, 0.29) is 5.54 Å². The van der Waals surface area contributed by atoms with E-state index in [2.05, 4.69) is 25.2 Å². The first-order chi connectivity index (χ1) is 8.34. The number of rotatable bonds is 2. The van der Waals surface area contributed by atoms with E-state index < -0.39 is 5.91 Å². The van der Waals surface area contributed by atoms with Crippen LogP contribution in [0.15, 0.2) is 18.2 Å². The fraction of sp³-hybridized carbons (Fsp3) is 0.357. The van der Waals surface area contributed by atoms with Gasteiger partial charge in [0.15, 0.2) is 0 Å².